The third kappa shape index (κ3) is 6.48. The summed E-state index contributed by atoms with van der Waals surface area (Å²) in [5.74, 6) is 0.897. The van der Waals surface area contributed by atoms with E-state index in [9.17, 15) is 4.79 Å². The number of nitrogens with one attached hydrogen (secondary N) is 1. The highest BCUT2D eigenvalue weighted by Gasteiger charge is 2.09. The maximum Gasteiger partial charge on any atom is 0.287 e. The van der Waals surface area contributed by atoms with E-state index in [1.54, 1.807) is 6.20 Å². The maximum atomic E-state index is 12.0. The van der Waals surface area contributed by atoms with E-state index in [1.165, 1.54) is 4.68 Å². The topological polar surface area (TPSA) is 56.1 Å². The largest absolute Gasteiger partial charge is 0.382 e. The number of anilines is 1. The van der Waals surface area contributed by atoms with Crippen LogP contribution in [0.15, 0.2) is 11.0 Å². The standard InChI is InChI=1S/C15H26ClN3O2/c1-11(2)9-19-15(20)14(16)13(8-18-19)17-6-5-7-21-10-12(3)4/h8,11-12,17H,5-7,9-10H2,1-4H3. The third-order valence-corrected chi connectivity index (χ3v) is 3.12. The molecule has 1 N–H and O–H groups in total. The lowest BCUT2D eigenvalue weighted by Gasteiger charge is -2.12. The quantitative estimate of drug-likeness (QED) is 0.712. The van der Waals surface area contributed by atoms with Crippen LogP contribution < -0.4 is 10.9 Å². The Bertz CT molecular complexity index is 486. The van der Waals surface area contributed by atoms with Crippen LogP contribution in [0.1, 0.15) is 34.1 Å². The average molecular weight is 316 g/mol. The Morgan fingerprint density at radius 1 is 1.33 bits per heavy atom. The number of ether oxygens (including phenoxy) is 1. The van der Waals surface area contributed by atoms with Gasteiger partial charge in [0.15, 0.2) is 0 Å². The molecule has 21 heavy (non-hydrogen) atoms. The summed E-state index contributed by atoms with van der Waals surface area (Å²) in [6, 6.07) is 0. The molecular weight excluding hydrogens is 290 g/mol. The molecule has 1 aromatic heterocycles. The summed E-state index contributed by atoms with van der Waals surface area (Å²) in [6.45, 7) is 11.0. The van der Waals surface area contributed by atoms with Crippen LogP contribution in [0.2, 0.25) is 5.02 Å². The van der Waals surface area contributed by atoms with E-state index in [-0.39, 0.29) is 10.6 Å². The van der Waals surface area contributed by atoms with Gasteiger partial charge in [-0.15, -0.1) is 0 Å². The van der Waals surface area contributed by atoms with Crippen LogP contribution in [0.25, 0.3) is 0 Å². The van der Waals surface area contributed by atoms with Crippen molar-refractivity contribution in [1.29, 1.82) is 0 Å². The van der Waals surface area contributed by atoms with Crippen molar-refractivity contribution in [2.24, 2.45) is 11.8 Å². The molecule has 0 radical (unpaired) electrons. The molecule has 1 aromatic rings. The number of rotatable bonds is 9. The smallest absolute Gasteiger partial charge is 0.287 e. The van der Waals surface area contributed by atoms with E-state index in [0.717, 1.165) is 13.0 Å². The van der Waals surface area contributed by atoms with Crippen molar-refractivity contribution in [3.8, 4) is 0 Å². The van der Waals surface area contributed by atoms with E-state index in [4.69, 9.17) is 16.3 Å². The van der Waals surface area contributed by atoms with Crippen LogP contribution in [0, 0.1) is 11.8 Å². The van der Waals surface area contributed by atoms with Crippen LogP contribution in [-0.2, 0) is 11.3 Å². The Morgan fingerprint density at radius 2 is 2.05 bits per heavy atom. The monoisotopic (exact) mass is 315 g/mol. The van der Waals surface area contributed by atoms with Crippen LogP contribution in [0.4, 0.5) is 5.69 Å². The third-order valence-electron chi connectivity index (χ3n) is 2.76. The summed E-state index contributed by atoms with van der Waals surface area (Å²) in [5, 5.41) is 7.48. The minimum Gasteiger partial charge on any atom is -0.382 e. The summed E-state index contributed by atoms with van der Waals surface area (Å²) in [7, 11) is 0. The molecule has 0 bridgehead atoms. The molecule has 0 amide bonds. The van der Waals surface area contributed by atoms with Crippen molar-refractivity contribution >= 4 is 17.3 Å². The zero-order chi connectivity index (χ0) is 15.8. The van der Waals surface area contributed by atoms with Gasteiger partial charge in [-0.3, -0.25) is 4.79 Å². The highest BCUT2D eigenvalue weighted by atomic mass is 35.5. The Morgan fingerprint density at radius 3 is 2.67 bits per heavy atom. The molecule has 0 aromatic carbocycles. The number of hydrogen-bond donors (Lipinski definition) is 1. The Hall–Kier alpha value is -1.07. The summed E-state index contributed by atoms with van der Waals surface area (Å²) in [5.41, 5.74) is 0.344. The highest BCUT2D eigenvalue weighted by Crippen LogP contribution is 2.15. The van der Waals surface area contributed by atoms with Crippen molar-refractivity contribution in [3.63, 3.8) is 0 Å². The molecule has 5 nitrogen and oxygen atoms in total. The first-order valence-electron chi connectivity index (χ1n) is 7.49. The second-order valence-electron chi connectivity index (χ2n) is 6.00. The van der Waals surface area contributed by atoms with E-state index in [2.05, 4.69) is 24.3 Å². The summed E-state index contributed by atoms with van der Waals surface area (Å²) in [4.78, 5) is 12.0. The number of nitrogens with zero attached hydrogens (tertiary/aromatic N) is 2. The molecule has 6 heteroatoms. The minimum absolute atomic E-state index is 0.203. The van der Waals surface area contributed by atoms with E-state index in [0.29, 0.717) is 37.2 Å². The molecule has 0 saturated heterocycles. The first-order chi connectivity index (χ1) is 9.91. The van der Waals surface area contributed by atoms with Gasteiger partial charge in [-0.25, -0.2) is 4.68 Å². The fraction of sp³-hybridized carbons (Fsp3) is 0.733. The number of aromatic nitrogens is 2. The first kappa shape index (κ1) is 18.0. The molecule has 1 rings (SSSR count). The normalized spacial score (nSPS) is 11.4. The second-order valence-corrected chi connectivity index (χ2v) is 6.38. The number of hydrogen-bond acceptors (Lipinski definition) is 4. The Kier molecular flexibility index (Phi) is 7.75. The first-order valence-corrected chi connectivity index (χ1v) is 7.86. The van der Waals surface area contributed by atoms with Crippen molar-refractivity contribution in [2.45, 2.75) is 40.7 Å². The highest BCUT2D eigenvalue weighted by molar-refractivity contribution is 6.32. The van der Waals surface area contributed by atoms with Gasteiger partial charge in [-0.05, 0) is 18.3 Å². The van der Waals surface area contributed by atoms with Crippen LogP contribution in [0.3, 0.4) is 0 Å². The molecule has 0 spiro atoms. The van der Waals surface area contributed by atoms with Gasteiger partial charge >= 0.3 is 0 Å². The molecule has 0 saturated carbocycles. The molecule has 0 aliphatic carbocycles. The zero-order valence-electron chi connectivity index (χ0n) is 13.4. The van der Waals surface area contributed by atoms with Gasteiger partial charge in [-0.1, -0.05) is 39.3 Å². The van der Waals surface area contributed by atoms with Crippen LogP contribution >= 0.6 is 11.6 Å². The van der Waals surface area contributed by atoms with Gasteiger partial charge < -0.3 is 10.1 Å². The van der Waals surface area contributed by atoms with Gasteiger partial charge in [-0.2, -0.15) is 5.10 Å². The van der Waals surface area contributed by atoms with E-state index >= 15 is 0 Å². The molecule has 120 valence electrons. The molecule has 1 heterocycles. The summed E-state index contributed by atoms with van der Waals surface area (Å²) < 4.78 is 6.90. The van der Waals surface area contributed by atoms with E-state index < -0.39 is 0 Å². The fourth-order valence-electron chi connectivity index (χ4n) is 1.78. The van der Waals surface area contributed by atoms with Gasteiger partial charge in [0.25, 0.3) is 5.56 Å². The Balaban J connectivity index is 2.46. The lowest BCUT2D eigenvalue weighted by Crippen LogP contribution is -2.26. The summed E-state index contributed by atoms with van der Waals surface area (Å²) >= 11 is 6.10. The molecular formula is C15H26ClN3O2. The number of halogens is 1. The molecule has 0 atom stereocenters. The summed E-state index contributed by atoms with van der Waals surface area (Å²) in [6.07, 6.45) is 2.47. The predicted molar refractivity (Wildman–Crippen MR) is 87.1 cm³/mol. The predicted octanol–water partition coefficient (Wildman–Crippen LogP) is 3.03. The average Bonchev–Trinajstić information content (AvgIpc) is 2.40. The van der Waals surface area contributed by atoms with Crippen molar-refractivity contribution < 1.29 is 4.74 Å². The minimum atomic E-state index is -0.244. The van der Waals surface area contributed by atoms with Crippen molar-refractivity contribution in [1.82, 2.24) is 9.78 Å². The fourth-order valence-corrected chi connectivity index (χ4v) is 1.99. The molecule has 0 aliphatic heterocycles. The maximum absolute atomic E-state index is 12.0. The van der Waals surface area contributed by atoms with Crippen molar-refractivity contribution in [3.05, 3.63) is 21.6 Å². The second kappa shape index (κ2) is 9.05. The van der Waals surface area contributed by atoms with Crippen LogP contribution in [-0.4, -0.2) is 29.5 Å². The van der Waals surface area contributed by atoms with Gasteiger partial charge in [0.1, 0.15) is 5.02 Å². The lowest BCUT2D eigenvalue weighted by atomic mass is 10.2. The molecule has 0 unspecified atom stereocenters. The van der Waals surface area contributed by atoms with Gasteiger partial charge in [0, 0.05) is 26.3 Å². The van der Waals surface area contributed by atoms with Gasteiger partial charge in [0.2, 0.25) is 0 Å². The Labute approximate surface area is 131 Å². The van der Waals surface area contributed by atoms with E-state index in [1.807, 2.05) is 13.8 Å². The molecule has 0 fully saturated rings. The molecule has 0 aliphatic rings. The zero-order valence-corrected chi connectivity index (χ0v) is 14.1. The van der Waals surface area contributed by atoms with Crippen LogP contribution in [0.5, 0.6) is 0 Å². The van der Waals surface area contributed by atoms with Gasteiger partial charge in [0.05, 0.1) is 11.9 Å². The lowest BCUT2D eigenvalue weighted by molar-refractivity contribution is 0.110. The SMILES string of the molecule is CC(C)COCCCNc1cnn(CC(C)C)c(=O)c1Cl. The van der Waals surface area contributed by atoms with Crippen molar-refractivity contribution in [2.75, 3.05) is 25.1 Å².